The molecule has 6 heteroatoms. The van der Waals surface area contributed by atoms with Gasteiger partial charge in [-0.05, 0) is 36.4 Å². The number of fused-ring (bicyclic) bond motifs is 2. The van der Waals surface area contributed by atoms with E-state index < -0.39 is 11.6 Å². The van der Waals surface area contributed by atoms with E-state index in [0.29, 0.717) is 27.1 Å². The van der Waals surface area contributed by atoms with Crippen LogP contribution in [0.3, 0.4) is 0 Å². The molecule has 0 aliphatic rings. The minimum absolute atomic E-state index is 0.130. The SMILES string of the molecule is O=C(Oc1c(-c2nc3ccccc3c(=O)o2)sc2ccccc12)c1ccccc1. The molecular weight excluding hydrogens is 386 g/mol. The number of aromatic nitrogens is 1. The molecule has 3 aromatic carbocycles. The van der Waals surface area contributed by atoms with Crippen molar-refractivity contribution in [2.45, 2.75) is 0 Å². The Balaban J connectivity index is 1.69. The lowest BCUT2D eigenvalue weighted by Crippen LogP contribution is -2.09. The summed E-state index contributed by atoms with van der Waals surface area (Å²) in [4.78, 5) is 30.1. The van der Waals surface area contributed by atoms with Crippen LogP contribution in [0, 0.1) is 0 Å². The highest BCUT2D eigenvalue weighted by Gasteiger charge is 2.22. The van der Waals surface area contributed by atoms with Crippen molar-refractivity contribution < 1.29 is 13.9 Å². The standard InChI is InChI=1S/C23H13NO4S/c25-22(14-8-2-1-3-9-14)27-19-16-11-5-7-13-18(16)29-20(19)21-24-17-12-6-4-10-15(17)23(26)28-21/h1-13H. The molecule has 2 aromatic heterocycles. The second-order valence-corrected chi connectivity index (χ2v) is 7.39. The van der Waals surface area contributed by atoms with Crippen LogP contribution in [0.5, 0.6) is 5.75 Å². The van der Waals surface area contributed by atoms with Crippen molar-refractivity contribution in [3.05, 3.63) is 94.8 Å². The molecule has 0 aliphatic heterocycles. The fraction of sp³-hybridized carbons (Fsp3) is 0. The van der Waals surface area contributed by atoms with Crippen LogP contribution in [0.15, 0.2) is 88.1 Å². The number of esters is 1. The van der Waals surface area contributed by atoms with Crippen molar-refractivity contribution in [1.29, 1.82) is 0 Å². The number of para-hydroxylation sites is 1. The third kappa shape index (κ3) is 3.09. The summed E-state index contributed by atoms with van der Waals surface area (Å²) in [6, 6.07) is 23.3. The molecule has 0 aliphatic carbocycles. The Morgan fingerprint density at radius 2 is 1.55 bits per heavy atom. The molecule has 0 fully saturated rings. The van der Waals surface area contributed by atoms with E-state index in [1.54, 1.807) is 48.5 Å². The van der Waals surface area contributed by atoms with Gasteiger partial charge in [-0.15, -0.1) is 11.3 Å². The third-order valence-electron chi connectivity index (χ3n) is 4.48. The van der Waals surface area contributed by atoms with Crippen molar-refractivity contribution in [1.82, 2.24) is 4.98 Å². The first-order valence-electron chi connectivity index (χ1n) is 8.90. The van der Waals surface area contributed by atoms with Crippen LogP contribution in [-0.2, 0) is 0 Å². The van der Waals surface area contributed by atoms with Gasteiger partial charge >= 0.3 is 11.6 Å². The zero-order valence-electron chi connectivity index (χ0n) is 15.0. The van der Waals surface area contributed by atoms with E-state index in [2.05, 4.69) is 4.98 Å². The maximum absolute atomic E-state index is 12.7. The highest BCUT2D eigenvalue weighted by molar-refractivity contribution is 7.22. The number of benzene rings is 3. The van der Waals surface area contributed by atoms with Gasteiger partial charge in [0.2, 0.25) is 5.89 Å². The molecule has 0 spiro atoms. The lowest BCUT2D eigenvalue weighted by atomic mass is 10.2. The number of carbonyl (C=O) groups excluding carboxylic acids is 1. The summed E-state index contributed by atoms with van der Waals surface area (Å²) in [5.41, 5.74) is 0.474. The number of rotatable bonds is 3. The highest BCUT2D eigenvalue weighted by Crippen LogP contribution is 2.44. The molecule has 0 unspecified atom stereocenters. The van der Waals surface area contributed by atoms with Gasteiger partial charge in [0.25, 0.3) is 0 Å². The Labute approximate surface area is 168 Å². The summed E-state index contributed by atoms with van der Waals surface area (Å²) in [6.45, 7) is 0. The van der Waals surface area contributed by atoms with Crippen LogP contribution in [-0.4, -0.2) is 11.0 Å². The van der Waals surface area contributed by atoms with Crippen LogP contribution >= 0.6 is 11.3 Å². The van der Waals surface area contributed by atoms with Gasteiger partial charge in [-0.2, -0.15) is 0 Å². The Morgan fingerprint density at radius 3 is 2.38 bits per heavy atom. The van der Waals surface area contributed by atoms with E-state index in [1.165, 1.54) is 11.3 Å². The molecule has 140 valence electrons. The average molecular weight is 399 g/mol. The number of nitrogens with zero attached hydrogens (tertiary/aromatic N) is 1. The molecule has 0 atom stereocenters. The average Bonchev–Trinajstić information content (AvgIpc) is 3.13. The molecular formula is C23H13NO4S. The van der Waals surface area contributed by atoms with E-state index in [-0.39, 0.29) is 5.89 Å². The second kappa shape index (κ2) is 7.00. The first-order valence-corrected chi connectivity index (χ1v) is 9.71. The summed E-state index contributed by atoms with van der Waals surface area (Å²) in [5, 5.41) is 1.16. The zero-order chi connectivity index (χ0) is 19.8. The molecule has 0 N–H and O–H groups in total. The van der Waals surface area contributed by atoms with E-state index in [1.807, 2.05) is 30.3 Å². The molecule has 0 saturated carbocycles. The molecule has 5 aromatic rings. The number of ether oxygens (including phenoxy) is 1. The smallest absolute Gasteiger partial charge is 0.347 e. The minimum atomic E-state index is -0.487. The van der Waals surface area contributed by atoms with Gasteiger partial charge in [-0.1, -0.05) is 42.5 Å². The van der Waals surface area contributed by atoms with Crippen molar-refractivity contribution in [2.75, 3.05) is 0 Å². The van der Waals surface area contributed by atoms with Gasteiger partial charge in [-0.25, -0.2) is 14.6 Å². The van der Waals surface area contributed by atoms with E-state index >= 15 is 0 Å². The topological polar surface area (TPSA) is 69.4 Å². The van der Waals surface area contributed by atoms with Gasteiger partial charge in [0.1, 0.15) is 4.88 Å². The molecule has 0 bridgehead atoms. The Kier molecular flexibility index (Phi) is 4.18. The van der Waals surface area contributed by atoms with Gasteiger partial charge in [0.15, 0.2) is 5.75 Å². The van der Waals surface area contributed by atoms with Crippen LogP contribution in [0.4, 0.5) is 0 Å². The van der Waals surface area contributed by atoms with Crippen molar-refractivity contribution in [3.8, 4) is 16.5 Å². The Bertz CT molecular complexity index is 1420. The lowest BCUT2D eigenvalue weighted by molar-refractivity contribution is 0.0738. The van der Waals surface area contributed by atoms with Crippen molar-refractivity contribution in [2.24, 2.45) is 0 Å². The fourth-order valence-electron chi connectivity index (χ4n) is 3.11. The number of hydrogen-bond acceptors (Lipinski definition) is 6. The Morgan fingerprint density at radius 1 is 0.862 bits per heavy atom. The largest absolute Gasteiger partial charge is 0.420 e. The maximum Gasteiger partial charge on any atom is 0.347 e. The normalized spacial score (nSPS) is 11.0. The zero-order valence-corrected chi connectivity index (χ0v) is 15.8. The van der Waals surface area contributed by atoms with Crippen LogP contribution < -0.4 is 10.4 Å². The van der Waals surface area contributed by atoms with E-state index in [9.17, 15) is 9.59 Å². The van der Waals surface area contributed by atoms with Crippen LogP contribution in [0.25, 0.3) is 31.8 Å². The fourth-order valence-corrected chi connectivity index (χ4v) is 4.16. The molecule has 29 heavy (non-hydrogen) atoms. The van der Waals surface area contributed by atoms with Gasteiger partial charge in [0, 0.05) is 10.1 Å². The number of carbonyl (C=O) groups is 1. The summed E-state index contributed by atoms with van der Waals surface area (Å²) in [7, 11) is 0. The number of thiophene rings is 1. The maximum atomic E-state index is 12.7. The summed E-state index contributed by atoms with van der Waals surface area (Å²) < 4.78 is 12.1. The minimum Gasteiger partial charge on any atom is -0.420 e. The summed E-state index contributed by atoms with van der Waals surface area (Å²) in [5.74, 6) is -0.0188. The predicted molar refractivity (Wildman–Crippen MR) is 112 cm³/mol. The molecule has 5 rings (SSSR count). The first kappa shape index (κ1) is 17.3. The van der Waals surface area contributed by atoms with Gasteiger partial charge in [-0.3, -0.25) is 0 Å². The Hall–Kier alpha value is -3.77. The molecule has 2 heterocycles. The van der Waals surface area contributed by atoms with Crippen molar-refractivity contribution >= 4 is 38.3 Å². The first-order chi connectivity index (χ1) is 14.2. The van der Waals surface area contributed by atoms with E-state index in [4.69, 9.17) is 9.15 Å². The third-order valence-corrected chi connectivity index (χ3v) is 5.62. The monoisotopic (exact) mass is 399 g/mol. The van der Waals surface area contributed by atoms with Gasteiger partial charge < -0.3 is 9.15 Å². The van der Waals surface area contributed by atoms with Crippen molar-refractivity contribution in [3.63, 3.8) is 0 Å². The van der Waals surface area contributed by atoms with E-state index in [0.717, 1.165) is 10.1 Å². The van der Waals surface area contributed by atoms with Gasteiger partial charge in [0.05, 0.1) is 16.5 Å². The molecule has 0 saturated heterocycles. The quantitative estimate of drug-likeness (QED) is 0.386. The number of hydrogen-bond donors (Lipinski definition) is 0. The molecule has 0 amide bonds. The predicted octanol–water partition coefficient (Wildman–Crippen LogP) is 5.29. The molecule has 0 radical (unpaired) electrons. The highest BCUT2D eigenvalue weighted by atomic mass is 32.1. The lowest BCUT2D eigenvalue weighted by Gasteiger charge is -2.06. The molecule has 5 nitrogen and oxygen atoms in total. The second-order valence-electron chi connectivity index (χ2n) is 6.34. The summed E-state index contributed by atoms with van der Waals surface area (Å²) in [6.07, 6.45) is 0. The van der Waals surface area contributed by atoms with Crippen LogP contribution in [0.1, 0.15) is 10.4 Å². The van der Waals surface area contributed by atoms with Crippen LogP contribution in [0.2, 0.25) is 0 Å². The summed E-state index contributed by atoms with van der Waals surface area (Å²) >= 11 is 1.36.